The predicted molar refractivity (Wildman–Crippen MR) is 119 cm³/mol. The summed E-state index contributed by atoms with van der Waals surface area (Å²) in [4.78, 5) is 16.6. The average molecular weight is 410 g/mol. The predicted octanol–water partition coefficient (Wildman–Crippen LogP) is 4.02. The Morgan fingerprint density at radius 3 is 1.90 bits per heavy atom. The third kappa shape index (κ3) is 4.61. The number of nitrogen functional groups attached to an aromatic ring is 1. The third-order valence-corrected chi connectivity index (χ3v) is 5.11. The standard InChI is InChI=1S/C11H12N2O3.C11H14N2O/c1-7(6-14)11-5-8-4-9(13(15)16)2-3-10(8)12-11;1-7(6-14)11-5-8-4-9(12)2-3-10(8)13-11/h2-5,7,12,14H,6H2,1H3;2-5,7,13-14H,6,12H2,1H3. The Balaban J connectivity index is 0.000000172. The van der Waals surface area contributed by atoms with Crippen molar-refractivity contribution in [3.63, 3.8) is 0 Å². The van der Waals surface area contributed by atoms with Crippen molar-refractivity contribution in [3.05, 3.63) is 70.0 Å². The van der Waals surface area contributed by atoms with Crippen LogP contribution in [-0.2, 0) is 0 Å². The molecule has 0 fully saturated rings. The van der Waals surface area contributed by atoms with E-state index in [1.807, 2.05) is 44.2 Å². The highest BCUT2D eigenvalue weighted by Gasteiger charge is 2.11. The maximum absolute atomic E-state index is 10.6. The van der Waals surface area contributed by atoms with Crippen LogP contribution in [0.15, 0.2) is 48.5 Å². The Morgan fingerprint density at radius 2 is 1.40 bits per heavy atom. The highest BCUT2D eigenvalue weighted by Crippen LogP contribution is 2.25. The van der Waals surface area contributed by atoms with Gasteiger partial charge >= 0.3 is 0 Å². The van der Waals surface area contributed by atoms with Gasteiger partial charge in [-0.25, -0.2) is 0 Å². The molecule has 0 amide bonds. The van der Waals surface area contributed by atoms with Gasteiger partial charge in [-0.2, -0.15) is 0 Å². The van der Waals surface area contributed by atoms with E-state index in [2.05, 4.69) is 9.97 Å². The molecule has 0 spiro atoms. The molecule has 0 aliphatic carbocycles. The van der Waals surface area contributed by atoms with Crippen molar-refractivity contribution in [2.75, 3.05) is 18.9 Å². The Labute approximate surface area is 173 Å². The lowest BCUT2D eigenvalue weighted by Crippen LogP contribution is -1.98. The topological polar surface area (TPSA) is 141 Å². The summed E-state index contributed by atoms with van der Waals surface area (Å²) in [6, 6.07) is 14.3. The molecule has 2 unspecified atom stereocenters. The van der Waals surface area contributed by atoms with Crippen molar-refractivity contribution in [1.29, 1.82) is 0 Å². The quantitative estimate of drug-likeness (QED) is 0.192. The summed E-state index contributed by atoms with van der Waals surface area (Å²) >= 11 is 0. The van der Waals surface area contributed by atoms with Crippen molar-refractivity contribution in [1.82, 2.24) is 9.97 Å². The minimum absolute atomic E-state index is 0.00598. The summed E-state index contributed by atoms with van der Waals surface area (Å²) in [5, 5.41) is 30.5. The second-order valence-electron chi connectivity index (χ2n) is 7.49. The fourth-order valence-corrected chi connectivity index (χ4v) is 3.16. The van der Waals surface area contributed by atoms with Crippen LogP contribution in [0.1, 0.15) is 37.1 Å². The van der Waals surface area contributed by atoms with Crippen LogP contribution in [-0.4, -0.2) is 38.3 Å². The molecule has 0 aliphatic heterocycles. The second kappa shape index (κ2) is 8.98. The lowest BCUT2D eigenvalue weighted by atomic mass is 10.1. The number of nitro groups is 1. The molecule has 8 heteroatoms. The molecule has 0 saturated carbocycles. The lowest BCUT2D eigenvalue weighted by Gasteiger charge is -2.02. The van der Waals surface area contributed by atoms with Crippen LogP contribution in [0.3, 0.4) is 0 Å². The molecule has 0 bridgehead atoms. The van der Waals surface area contributed by atoms with E-state index in [-0.39, 0.29) is 30.7 Å². The first-order valence-corrected chi connectivity index (χ1v) is 9.69. The van der Waals surface area contributed by atoms with Gasteiger partial charge in [0.05, 0.1) is 18.1 Å². The number of rotatable bonds is 5. The molecule has 0 saturated heterocycles. The van der Waals surface area contributed by atoms with E-state index < -0.39 is 4.92 Å². The van der Waals surface area contributed by atoms with Crippen molar-refractivity contribution in [2.45, 2.75) is 25.7 Å². The van der Waals surface area contributed by atoms with Gasteiger partial charge in [-0.3, -0.25) is 10.1 Å². The maximum atomic E-state index is 10.6. The molecular formula is C22H26N4O4. The van der Waals surface area contributed by atoms with Crippen LogP contribution in [0.25, 0.3) is 21.8 Å². The first-order chi connectivity index (χ1) is 14.3. The molecule has 2 heterocycles. The van der Waals surface area contributed by atoms with Crippen molar-refractivity contribution < 1.29 is 15.1 Å². The molecule has 8 nitrogen and oxygen atoms in total. The highest BCUT2D eigenvalue weighted by molar-refractivity contribution is 5.84. The van der Waals surface area contributed by atoms with Gasteiger partial charge in [-0.05, 0) is 36.4 Å². The summed E-state index contributed by atoms with van der Waals surface area (Å²) in [6.07, 6.45) is 0. The van der Waals surface area contributed by atoms with Crippen LogP contribution < -0.4 is 5.73 Å². The minimum atomic E-state index is -0.415. The molecule has 6 N–H and O–H groups in total. The number of benzene rings is 2. The van der Waals surface area contributed by atoms with Gasteiger partial charge in [0.2, 0.25) is 0 Å². The van der Waals surface area contributed by atoms with Crippen LogP contribution >= 0.6 is 0 Å². The Morgan fingerprint density at radius 1 is 0.900 bits per heavy atom. The van der Waals surface area contributed by atoms with E-state index in [0.29, 0.717) is 0 Å². The zero-order valence-electron chi connectivity index (χ0n) is 16.9. The number of aromatic amines is 2. The molecule has 4 aromatic rings. The van der Waals surface area contributed by atoms with Crippen LogP contribution in [0, 0.1) is 10.1 Å². The second-order valence-corrected chi connectivity index (χ2v) is 7.49. The number of hydrogen-bond acceptors (Lipinski definition) is 5. The number of aliphatic hydroxyl groups excluding tert-OH is 2. The van der Waals surface area contributed by atoms with E-state index in [0.717, 1.165) is 38.9 Å². The summed E-state index contributed by atoms with van der Waals surface area (Å²) in [6.45, 7) is 4.07. The van der Waals surface area contributed by atoms with Gasteiger partial charge < -0.3 is 25.9 Å². The summed E-state index contributed by atoms with van der Waals surface area (Å²) < 4.78 is 0. The Bertz CT molecular complexity index is 1160. The van der Waals surface area contributed by atoms with Gasteiger partial charge in [-0.15, -0.1) is 0 Å². The molecule has 0 radical (unpaired) electrons. The van der Waals surface area contributed by atoms with E-state index in [9.17, 15) is 10.1 Å². The number of H-pyrrole nitrogens is 2. The molecule has 2 aromatic carbocycles. The molecule has 30 heavy (non-hydrogen) atoms. The minimum Gasteiger partial charge on any atom is -0.399 e. The number of hydrogen-bond donors (Lipinski definition) is 5. The van der Waals surface area contributed by atoms with Crippen molar-refractivity contribution >= 4 is 33.2 Å². The first kappa shape index (κ1) is 21.4. The highest BCUT2D eigenvalue weighted by atomic mass is 16.6. The first-order valence-electron chi connectivity index (χ1n) is 9.69. The SMILES string of the molecule is CC(CO)c1cc2cc(N)ccc2[nH]1.CC(CO)c1cc2cc([N+](=O)[O-])ccc2[nH]1. The van der Waals surface area contributed by atoms with Crippen LogP contribution in [0.2, 0.25) is 0 Å². The molecule has 158 valence electrons. The smallest absolute Gasteiger partial charge is 0.270 e. The van der Waals surface area contributed by atoms with E-state index >= 15 is 0 Å². The Hall–Kier alpha value is -3.36. The molecule has 4 rings (SSSR count). The fraction of sp³-hybridized carbons (Fsp3) is 0.273. The monoisotopic (exact) mass is 410 g/mol. The van der Waals surface area contributed by atoms with E-state index in [1.165, 1.54) is 12.1 Å². The number of nitrogens with zero attached hydrogens (tertiary/aromatic N) is 1. The summed E-state index contributed by atoms with van der Waals surface area (Å²) in [7, 11) is 0. The number of nitrogens with one attached hydrogen (secondary N) is 2. The van der Waals surface area contributed by atoms with Gasteiger partial charge in [-0.1, -0.05) is 13.8 Å². The van der Waals surface area contributed by atoms with Gasteiger partial charge in [0.1, 0.15) is 0 Å². The van der Waals surface area contributed by atoms with E-state index in [1.54, 1.807) is 6.07 Å². The zero-order valence-corrected chi connectivity index (χ0v) is 16.9. The number of anilines is 1. The molecule has 0 aliphatic rings. The summed E-state index contributed by atoms with van der Waals surface area (Å²) in [5.41, 5.74) is 10.4. The van der Waals surface area contributed by atoms with E-state index in [4.69, 9.17) is 15.9 Å². The summed E-state index contributed by atoms with van der Waals surface area (Å²) in [5.74, 6) is 0.148. The zero-order chi connectivity index (χ0) is 21.8. The van der Waals surface area contributed by atoms with Crippen molar-refractivity contribution in [3.8, 4) is 0 Å². The third-order valence-electron chi connectivity index (χ3n) is 5.11. The normalized spacial score (nSPS) is 13.1. The number of nitrogens with two attached hydrogens (primary N) is 1. The maximum Gasteiger partial charge on any atom is 0.270 e. The average Bonchev–Trinajstić information content (AvgIpc) is 3.36. The number of aliphatic hydroxyl groups is 2. The molecule has 2 atom stereocenters. The lowest BCUT2D eigenvalue weighted by molar-refractivity contribution is -0.384. The molecule has 2 aromatic heterocycles. The fourth-order valence-electron chi connectivity index (χ4n) is 3.16. The van der Waals surface area contributed by atoms with Crippen LogP contribution in [0.5, 0.6) is 0 Å². The number of nitro benzene ring substituents is 1. The number of fused-ring (bicyclic) bond motifs is 2. The van der Waals surface area contributed by atoms with Crippen molar-refractivity contribution in [2.24, 2.45) is 0 Å². The van der Waals surface area contributed by atoms with Crippen LogP contribution in [0.4, 0.5) is 11.4 Å². The molecular weight excluding hydrogens is 384 g/mol. The van der Waals surface area contributed by atoms with Gasteiger partial charge in [0.25, 0.3) is 5.69 Å². The largest absolute Gasteiger partial charge is 0.399 e. The number of non-ortho nitro benzene ring substituents is 1. The van der Waals surface area contributed by atoms with Gasteiger partial charge in [0, 0.05) is 62.8 Å². The Kier molecular flexibility index (Phi) is 6.39. The number of aromatic nitrogens is 2. The van der Waals surface area contributed by atoms with Gasteiger partial charge in [0.15, 0.2) is 0 Å².